The molecule has 0 aliphatic carbocycles. The van der Waals surface area contributed by atoms with E-state index in [2.05, 4.69) is 5.32 Å². The minimum atomic E-state index is -0.865. The second kappa shape index (κ2) is 7.36. The van der Waals surface area contributed by atoms with Crippen molar-refractivity contribution in [3.63, 3.8) is 0 Å². The zero-order valence-electron chi connectivity index (χ0n) is 12.5. The van der Waals surface area contributed by atoms with Gasteiger partial charge >= 0.3 is 0 Å². The topological polar surface area (TPSA) is 58.6 Å². The molecule has 1 amide bonds. The van der Waals surface area contributed by atoms with Crippen LogP contribution in [-0.2, 0) is 4.79 Å². The van der Waals surface area contributed by atoms with Crippen LogP contribution in [0.25, 0.3) is 0 Å². The van der Waals surface area contributed by atoms with Gasteiger partial charge in [-0.05, 0) is 24.0 Å². The third kappa shape index (κ3) is 6.53. The third-order valence-corrected chi connectivity index (χ3v) is 2.70. The number of aliphatic hydroxyl groups is 1. The van der Waals surface area contributed by atoms with Crippen LogP contribution in [0.5, 0.6) is 5.75 Å². The number of ether oxygens (including phenoxy) is 1. The molecule has 2 N–H and O–H groups in total. The van der Waals surface area contributed by atoms with Crippen molar-refractivity contribution >= 4 is 5.91 Å². The summed E-state index contributed by atoms with van der Waals surface area (Å²) >= 11 is 0. The highest BCUT2D eigenvalue weighted by Gasteiger charge is 2.20. The molecule has 0 saturated carbocycles. The molecule has 1 atom stereocenters. The van der Waals surface area contributed by atoms with Gasteiger partial charge in [-0.1, -0.05) is 20.8 Å². The van der Waals surface area contributed by atoms with E-state index in [-0.39, 0.29) is 23.8 Å². The summed E-state index contributed by atoms with van der Waals surface area (Å²) in [6.07, 6.45) is 0.597. The highest BCUT2D eigenvalue weighted by Crippen LogP contribution is 2.20. The van der Waals surface area contributed by atoms with Gasteiger partial charge in [-0.15, -0.1) is 0 Å². The first-order valence-electron chi connectivity index (χ1n) is 6.69. The molecule has 0 fully saturated rings. The quantitative estimate of drug-likeness (QED) is 0.847. The van der Waals surface area contributed by atoms with E-state index in [0.29, 0.717) is 12.5 Å². The standard InChI is InChI=1S/C15H21F2NO3/c1-15(2,3)7-11(8-19)18-14(20)9-21-13-5-4-10(16)6-12(13)17/h4-6,11,19H,7-9H2,1-3H3,(H,18,20). The third-order valence-electron chi connectivity index (χ3n) is 2.70. The number of carbonyl (C=O) groups is 1. The monoisotopic (exact) mass is 301 g/mol. The van der Waals surface area contributed by atoms with E-state index in [0.717, 1.165) is 12.1 Å². The molecule has 0 heterocycles. The Bertz CT molecular complexity index is 486. The van der Waals surface area contributed by atoms with Gasteiger partial charge in [0.15, 0.2) is 18.2 Å². The van der Waals surface area contributed by atoms with Crippen LogP contribution in [0.2, 0.25) is 0 Å². The lowest BCUT2D eigenvalue weighted by Crippen LogP contribution is -2.42. The van der Waals surface area contributed by atoms with E-state index in [9.17, 15) is 18.7 Å². The highest BCUT2D eigenvalue weighted by molar-refractivity contribution is 5.77. The lowest BCUT2D eigenvalue weighted by molar-refractivity contribution is -0.124. The summed E-state index contributed by atoms with van der Waals surface area (Å²) in [4.78, 5) is 11.7. The fraction of sp³-hybridized carbons (Fsp3) is 0.533. The Balaban J connectivity index is 2.49. The van der Waals surface area contributed by atoms with E-state index in [1.807, 2.05) is 20.8 Å². The number of carbonyl (C=O) groups excluding carboxylic acids is 1. The molecule has 1 aromatic rings. The van der Waals surface area contributed by atoms with Crippen molar-refractivity contribution in [1.82, 2.24) is 5.32 Å². The van der Waals surface area contributed by atoms with Crippen molar-refractivity contribution in [2.24, 2.45) is 5.41 Å². The molecule has 21 heavy (non-hydrogen) atoms. The van der Waals surface area contributed by atoms with E-state index in [4.69, 9.17) is 4.74 Å². The van der Waals surface area contributed by atoms with Gasteiger partial charge in [-0.3, -0.25) is 4.79 Å². The first kappa shape index (κ1) is 17.4. The van der Waals surface area contributed by atoms with Crippen molar-refractivity contribution in [3.05, 3.63) is 29.8 Å². The molecule has 0 spiro atoms. The Morgan fingerprint density at radius 1 is 1.38 bits per heavy atom. The maximum atomic E-state index is 13.3. The number of aliphatic hydroxyl groups excluding tert-OH is 1. The van der Waals surface area contributed by atoms with Crippen LogP contribution in [0.1, 0.15) is 27.2 Å². The fourth-order valence-corrected chi connectivity index (χ4v) is 1.91. The molecule has 0 aromatic heterocycles. The Labute approximate surface area is 123 Å². The number of amides is 1. The van der Waals surface area contributed by atoms with Crippen molar-refractivity contribution in [2.75, 3.05) is 13.2 Å². The number of rotatable bonds is 6. The molecule has 1 rings (SSSR count). The number of hydrogen-bond donors (Lipinski definition) is 2. The predicted octanol–water partition coefficient (Wildman–Crippen LogP) is 2.26. The van der Waals surface area contributed by atoms with Gasteiger partial charge in [0, 0.05) is 6.07 Å². The largest absolute Gasteiger partial charge is 0.481 e. The van der Waals surface area contributed by atoms with Crippen molar-refractivity contribution in [3.8, 4) is 5.75 Å². The van der Waals surface area contributed by atoms with Gasteiger partial charge in [-0.25, -0.2) is 8.78 Å². The SMILES string of the molecule is CC(C)(C)CC(CO)NC(=O)COc1ccc(F)cc1F. The van der Waals surface area contributed by atoms with Gasteiger partial charge < -0.3 is 15.2 Å². The second-order valence-electron chi connectivity index (χ2n) is 6.08. The second-order valence-corrected chi connectivity index (χ2v) is 6.08. The zero-order chi connectivity index (χ0) is 16.0. The molecule has 0 saturated heterocycles. The summed E-state index contributed by atoms with van der Waals surface area (Å²) in [6.45, 7) is 5.39. The number of benzene rings is 1. The van der Waals surface area contributed by atoms with Crippen LogP contribution in [0, 0.1) is 17.0 Å². The molecular weight excluding hydrogens is 280 g/mol. The van der Waals surface area contributed by atoms with Crippen molar-refractivity contribution in [1.29, 1.82) is 0 Å². The number of hydrogen-bond acceptors (Lipinski definition) is 3. The molecule has 6 heteroatoms. The Morgan fingerprint density at radius 2 is 2.05 bits per heavy atom. The molecule has 1 unspecified atom stereocenters. The molecular formula is C15H21F2NO3. The minimum Gasteiger partial charge on any atom is -0.481 e. The van der Waals surface area contributed by atoms with Gasteiger partial charge in [-0.2, -0.15) is 0 Å². The summed E-state index contributed by atoms with van der Waals surface area (Å²) in [5.41, 5.74) is -0.0510. The highest BCUT2D eigenvalue weighted by atomic mass is 19.1. The van der Waals surface area contributed by atoms with Crippen molar-refractivity contribution < 1.29 is 23.4 Å². The zero-order valence-corrected chi connectivity index (χ0v) is 12.5. The number of halogens is 2. The molecule has 4 nitrogen and oxygen atoms in total. The Morgan fingerprint density at radius 3 is 2.57 bits per heavy atom. The summed E-state index contributed by atoms with van der Waals surface area (Å²) in [5, 5.41) is 11.9. The van der Waals surface area contributed by atoms with Gasteiger partial charge in [0.2, 0.25) is 0 Å². The van der Waals surface area contributed by atoms with Gasteiger partial charge in [0.25, 0.3) is 5.91 Å². The summed E-state index contributed by atoms with van der Waals surface area (Å²) in [6, 6.07) is 2.46. The van der Waals surface area contributed by atoms with E-state index < -0.39 is 24.1 Å². The first-order chi connectivity index (χ1) is 9.71. The van der Waals surface area contributed by atoms with Crippen LogP contribution in [-0.4, -0.2) is 30.3 Å². The molecule has 118 valence electrons. The molecule has 0 aliphatic heterocycles. The molecule has 0 aliphatic rings. The maximum absolute atomic E-state index is 13.3. The predicted molar refractivity (Wildman–Crippen MR) is 74.9 cm³/mol. The Kier molecular flexibility index (Phi) is 6.08. The summed E-state index contributed by atoms with van der Waals surface area (Å²) < 4.78 is 31.0. The van der Waals surface area contributed by atoms with E-state index in [1.165, 1.54) is 0 Å². The van der Waals surface area contributed by atoms with Gasteiger partial charge in [0.05, 0.1) is 12.6 Å². The lowest BCUT2D eigenvalue weighted by Gasteiger charge is -2.25. The molecule has 1 aromatic carbocycles. The summed E-state index contributed by atoms with van der Waals surface area (Å²) in [5.74, 6) is -2.24. The average molecular weight is 301 g/mol. The van der Waals surface area contributed by atoms with Gasteiger partial charge in [0.1, 0.15) is 5.82 Å². The normalized spacial score (nSPS) is 12.9. The van der Waals surface area contributed by atoms with Crippen LogP contribution >= 0.6 is 0 Å². The Hall–Kier alpha value is -1.69. The van der Waals surface area contributed by atoms with Crippen LogP contribution in [0.3, 0.4) is 0 Å². The lowest BCUT2D eigenvalue weighted by atomic mass is 9.88. The van der Waals surface area contributed by atoms with Crippen molar-refractivity contribution in [2.45, 2.75) is 33.2 Å². The first-order valence-corrected chi connectivity index (χ1v) is 6.69. The van der Waals surface area contributed by atoms with Crippen LogP contribution in [0.15, 0.2) is 18.2 Å². The summed E-state index contributed by atoms with van der Waals surface area (Å²) in [7, 11) is 0. The van der Waals surface area contributed by atoms with E-state index in [1.54, 1.807) is 0 Å². The smallest absolute Gasteiger partial charge is 0.258 e. The molecule has 0 radical (unpaired) electrons. The fourth-order valence-electron chi connectivity index (χ4n) is 1.91. The maximum Gasteiger partial charge on any atom is 0.258 e. The molecule has 0 bridgehead atoms. The van der Waals surface area contributed by atoms with E-state index >= 15 is 0 Å². The minimum absolute atomic E-state index is 0.0510. The average Bonchev–Trinajstić information content (AvgIpc) is 2.35. The van der Waals surface area contributed by atoms with Crippen LogP contribution in [0.4, 0.5) is 8.78 Å². The number of nitrogens with one attached hydrogen (secondary N) is 1. The van der Waals surface area contributed by atoms with Crippen LogP contribution < -0.4 is 10.1 Å².